The zero-order valence-electron chi connectivity index (χ0n) is 8.35. The fourth-order valence-corrected chi connectivity index (χ4v) is 3.50. The first-order chi connectivity index (χ1) is 7.23. The van der Waals surface area contributed by atoms with Gasteiger partial charge in [-0.15, -0.1) is 0 Å². The lowest BCUT2D eigenvalue weighted by Gasteiger charge is -2.46. The lowest BCUT2D eigenvalue weighted by atomic mass is 9.62. The molecule has 1 aliphatic heterocycles. The van der Waals surface area contributed by atoms with E-state index in [1.54, 1.807) is 0 Å². The van der Waals surface area contributed by atoms with Crippen LogP contribution in [0.3, 0.4) is 0 Å². The molecule has 2 nitrogen and oxygen atoms in total. The first kappa shape index (κ1) is 9.40. The van der Waals surface area contributed by atoms with Gasteiger partial charge in [-0.1, -0.05) is 28.4 Å². The van der Waals surface area contributed by atoms with Gasteiger partial charge in [-0.05, 0) is 30.5 Å². The van der Waals surface area contributed by atoms with E-state index in [-0.39, 0.29) is 11.3 Å². The van der Waals surface area contributed by atoms with Gasteiger partial charge in [0.25, 0.3) is 5.91 Å². The molecule has 2 aliphatic rings. The Balaban J connectivity index is 2.23. The van der Waals surface area contributed by atoms with Gasteiger partial charge in [-0.3, -0.25) is 4.79 Å². The van der Waals surface area contributed by atoms with Crippen LogP contribution < -0.4 is 5.32 Å². The number of nitrogens with one attached hydrogen (secondary N) is 1. The second-order valence-corrected chi connectivity index (χ2v) is 5.33. The van der Waals surface area contributed by atoms with Crippen LogP contribution in [0, 0.1) is 0 Å². The molecule has 1 spiro atoms. The van der Waals surface area contributed by atoms with Crippen LogP contribution in [0.15, 0.2) is 22.7 Å². The van der Waals surface area contributed by atoms with E-state index in [2.05, 4.69) is 21.2 Å². The highest BCUT2D eigenvalue weighted by atomic mass is 79.9. The molecule has 1 heterocycles. The Morgan fingerprint density at radius 2 is 2.13 bits per heavy atom. The summed E-state index contributed by atoms with van der Waals surface area (Å²) in [5.74, 6) is 0.0730. The van der Waals surface area contributed by atoms with Gasteiger partial charge in [-0.25, -0.2) is 0 Å². The van der Waals surface area contributed by atoms with Crippen molar-refractivity contribution in [3.63, 3.8) is 0 Å². The smallest absolute Gasteiger partial charge is 0.251 e. The first-order valence-electron chi connectivity index (χ1n) is 5.30. The molecule has 78 valence electrons. The summed E-state index contributed by atoms with van der Waals surface area (Å²) in [6.45, 7) is 0.807. The second-order valence-electron chi connectivity index (χ2n) is 4.48. The Kier molecular flexibility index (Phi) is 1.93. The van der Waals surface area contributed by atoms with Gasteiger partial charge in [0, 0.05) is 22.0 Å². The third kappa shape index (κ3) is 1.19. The third-order valence-electron chi connectivity index (χ3n) is 3.69. The van der Waals surface area contributed by atoms with Crippen molar-refractivity contribution in [1.82, 2.24) is 5.32 Å². The van der Waals surface area contributed by atoms with E-state index in [0.29, 0.717) is 0 Å². The maximum absolute atomic E-state index is 11.7. The van der Waals surface area contributed by atoms with Gasteiger partial charge >= 0.3 is 0 Å². The predicted octanol–water partition coefficient (Wildman–Crippen LogP) is 2.61. The van der Waals surface area contributed by atoms with Crippen molar-refractivity contribution < 1.29 is 4.79 Å². The largest absolute Gasteiger partial charge is 0.351 e. The minimum absolute atomic E-state index is 0.0730. The van der Waals surface area contributed by atoms with Crippen molar-refractivity contribution in [3.05, 3.63) is 33.8 Å². The quantitative estimate of drug-likeness (QED) is 0.768. The SMILES string of the molecule is O=C1NCC2(CCC2)c2c(Br)cccc21. The number of carbonyl (C=O) groups excluding carboxylic acids is 1. The minimum atomic E-state index is 0.0730. The lowest BCUT2D eigenvalue weighted by Crippen LogP contribution is -2.51. The molecule has 3 rings (SSSR count). The summed E-state index contributed by atoms with van der Waals surface area (Å²) in [5, 5.41) is 3.00. The third-order valence-corrected chi connectivity index (χ3v) is 4.35. The molecule has 0 saturated heterocycles. The standard InChI is InChI=1S/C12H12BrNO/c13-9-4-1-3-8-10(9)12(5-2-6-12)7-14-11(8)15/h1,3-4H,2,5-7H2,(H,14,15). The molecule has 0 bridgehead atoms. The van der Waals surface area contributed by atoms with Crippen LogP contribution in [0.5, 0.6) is 0 Å². The topological polar surface area (TPSA) is 29.1 Å². The van der Waals surface area contributed by atoms with Gasteiger partial charge in [0.1, 0.15) is 0 Å². The van der Waals surface area contributed by atoms with Crippen molar-refractivity contribution in [3.8, 4) is 0 Å². The molecule has 1 fully saturated rings. The lowest BCUT2D eigenvalue weighted by molar-refractivity contribution is 0.0895. The predicted molar refractivity (Wildman–Crippen MR) is 62.0 cm³/mol. The van der Waals surface area contributed by atoms with E-state index in [9.17, 15) is 4.79 Å². The summed E-state index contributed by atoms with van der Waals surface area (Å²) >= 11 is 3.58. The first-order valence-corrected chi connectivity index (χ1v) is 6.09. The normalized spacial score (nSPS) is 21.8. The highest BCUT2D eigenvalue weighted by molar-refractivity contribution is 9.10. The van der Waals surface area contributed by atoms with Gasteiger partial charge in [-0.2, -0.15) is 0 Å². The van der Waals surface area contributed by atoms with Gasteiger partial charge in [0.15, 0.2) is 0 Å². The van der Waals surface area contributed by atoms with Crippen molar-refractivity contribution in [2.75, 3.05) is 6.54 Å². The summed E-state index contributed by atoms with van der Waals surface area (Å²) in [7, 11) is 0. The van der Waals surface area contributed by atoms with E-state index in [4.69, 9.17) is 0 Å². The number of fused-ring (bicyclic) bond motifs is 2. The molecular formula is C12H12BrNO. The summed E-state index contributed by atoms with van der Waals surface area (Å²) < 4.78 is 1.09. The average molecular weight is 266 g/mol. The zero-order chi connectivity index (χ0) is 10.5. The fraction of sp³-hybridized carbons (Fsp3) is 0.417. The monoisotopic (exact) mass is 265 g/mol. The summed E-state index contributed by atoms with van der Waals surface area (Å²) in [6.07, 6.45) is 3.67. The average Bonchev–Trinajstić information content (AvgIpc) is 2.17. The molecular weight excluding hydrogens is 254 g/mol. The van der Waals surface area contributed by atoms with E-state index < -0.39 is 0 Å². The van der Waals surface area contributed by atoms with Gasteiger partial charge in [0.05, 0.1) is 0 Å². The Morgan fingerprint density at radius 1 is 1.33 bits per heavy atom. The van der Waals surface area contributed by atoms with Crippen LogP contribution in [-0.4, -0.2) is 12.5 Å². The Labute approximate surface area is 97.2 Å². The molecule has 1 aromatic rings. The molecule has 3 heteroatoms. The number of hydrogen-bond donors (Lipinski definition) is 1. The molecule has 0 radical (unpaired) electrons. The van der Waals surface area contributed by atoms with Crippen LogP contribution in [0.1, 0.15) is 35.2 Å². The van der Waals surface area contributed by atoms with Crippen molar-refractivity contribution in [2.45, 2.75) is 24.7 Å². The molecule has 1 aromatic carbocycles. The highest BCUT2D eigenvalue weighted by Gasteiger charge is 2.45. The highest BCUT2D eigenvalue weighted by Crippen LogP contribution is 2.48. The van der Waals surface area contributed by atoms with Crippen LogP contribution in [0.4, 0.5) is 0 Å². The Hall–Kier alpha value is -0.830. The number of benzene rings is 1. The van der Waals surface area contributed by atoms with Crippen LogP contribution in [0.2, 0.25) is 0 Å². The minimum Gasteiger partial charge on any atom is -0.351 e. The van der Waals surface area contributed by atoms with Gasteiger partial charge in [0.2, 0.25) is 0 Å². The number of carbonyl (C=O) groups is 1. The van der Waals surface area contributed by atoms with Gasteiger partial charge < -0.3 is 5.32 Å². The molecule has 1 saturated carbocycles. The van der Waals surface area contributed by atoms with E-state index in [1.807, 2.05) is 18.2 Å². The van der Waals surface area contributed by atoms with Crippen LogP contribution in [0.25, 0.3) is 0 Å². The van der Waals surface area contributed by atoms with Crippen molar-refractivity contribution >= 4 is 21.8 Å². The van der Waals surface area contributed by atoms with Crippen LogP contribution >= 0.6 is 15.9 Å². The zero-order valence-corrected chi connectivity index (χ0v) is 9.93. The number of amides is 1. The molecule has 1 aliphatic carbocycles. The second kappa shape index (κ2) is 3.08. The maximum Gasteiger partial charge on any atom is 0.251 e. The van der Waals surface area contributed by atoms with E-state index in [0.717, 1.165) is 16.6 Å². The molecule has 15 heavy (non-hydrogen) atoms. The number of rotatable bonds is 0. The van der Waals surface area contributed by atoms with Crippen LogP contribution in [-0.2, 0) is 5.41 Å². The molecule has 0 atom stereocenters. The van der Waals surface area contributed by atoms with E-state index >= 15 is 0 Å². The van der Waals surface area contributed by atoms with E-state index in [1.165, 1.54) is 24.8 Å². The summed E-state index contributed by atoms with van der Waals surface area (Å²) in [5.41, 5.74) is 2.32. The number of halogens is 1. The fourth-order valence-electron chi connectivity index (χ4n) is 2.72. The Bertz CT molecular complexity index is 437. The molecule has 1 N–H and O–H groups in total. The molecule has 0 aromatic heterocycles. The van der Waals surface area contributed by atoms with Crippen molar-refractivity contribution in [2.24, 2.45) is 0 Å². The summed E-state index contributed by atoms with van der Waals surface area (Å²) in [6, 6.07) is 5.90. The van der Waals surface area contributed by atoms with Crippen molar-refractivity contribution in [1.29, 1.82) is 0 Å². The molecule has 0 unspecified atom stereocenters. The Morgan fingerprint density at radius 3 is 2.80 bits per heavy atom. The maximum atomic E-state index is 11.7. The number of hydrogen-bond acceptors (Lipinski definition) is 1. The summed E-state index contributed by atoms with van der Waals surface area (Å²) in [4.78, 5) is 11.7. The molecule has 1 amide bonds.